The lowest BCUT2D eigenvalue weighted by Gasteiger charge is -2.30. The molecule has 0 radical (unpaired) electrons. The first-order valence-corrected chi connectivity index (χ1v) is 18.2. The van der Waals surface area contributed by atoms with E-state index in [4.69, 9.17) is 21.1 Å². The van der Waals surface area contributed by atoms with Crippen LogP contribution in [-0.2, 0) is 25.5 Å². The van der Waals surface area contributed by atoms with Gasteiger partial charge in [0.25, 0.3) is 5.91 Å². The van der Waals surface area contributed by atoms with Crippen molar-refractivity contribution in [3.05, 3.63) is 63.7 Å². The van der Waals surface area contributed by atoms with Crippen LogP contribution in [0, 0.1) is 11.7 Å². The number of carbonyl (C=O) groups is 3. The number of carboxylic acid groups (broad SMARTS) is 1. The highest BCUT2D eigenvalue weighted by Crippen LogP contribution is 2.33. The molecule has 9 nitrogen and oxygen atoms in total. The Hall–Kier alpha value is -3.09. The highest BCUT2D eigenvalue weighted by molar-refractivity contribution is 7.17. The van der Waals surface area contributed by atoms with Gasteiger partial charge in [0.15, 0.2) is 0 Å². The van der Waals surface area contributed by atoms with Crippen molar-refractivity contribution in [3.8, 4) is 0 Å². The summed E-state index contributed by atoms with van der Waals surface area (Å²) in [6, 6.07) is 10.4. The van der Waals surface area contributed by atoms with E-state index in [-0.39, 0.29) is 58.6 Å². The van der Waals surface area contributed by atoms with Gasteiger partial charge >= 0.3 is 5.97 Å². The third-order valence-corrected chi connectivity index (χ3v) is 11.4. The van der Waals surface area contributed by atoms with Crippen LogP contribution >= 0.6 is 22.9 Å². The fourth-order valence-corrected chi connectivity index (χ4v) is 8.69. The molecular weight excluding hydrogens is 657 g/mol. The topological polar surface area (TPSA) is 108 Å². The van der Waals surface area contributed by atoms with E-state index < -0.39 is 11.8 Å². The molecule has 2 N–H and O–H groups in total. The molecule has 2 amide bonds. The molecule has 1 aromatic heterocycles. The van der Waals surface area contributed by atoms with Gasteiger partial charge in [-0.2, -0.15) is 0 Å². The lowest BCUT2D eigenvalue weighted by Crippen LogP contribution is -2.44. The van der Waals surface area contributed by atoms with Crippen molar-refractivity contribution in [2.75, 3.05) is 38.2 Å². The molecule has 3 fully saturated rings. The maximum Gasteiger partial charge on any atom is 0.306 e. The number of amides is 2. The average Bonchev–Trinajstić information content (AvgIpc) is 3.83. The fraction of sp³-hybridized carbons (Fsp3) is 0.528. The summed E-state index contributed by atoms with van der Waals surface area (Å²) in [4.78, 5) is 42.7. The van der Waals surface area contributed by atoms with E-state index in [0.29, 0.717) is 63.7 Å². The van der Waals surface area contributed by atoms with Crippen LogP contribution in [0.2, 0.25) is 5.02 Å². The van der Waals surface area contributed by atoms with Crippen LogP contribution in [0.3, 0.4) is 0 Å². The second-order valence-electron chi connectivity index (χ2n) is 13.1. The van der Waals surface area contributed by atoms with E-state index in [2.05, 4.69) is 10.2 Å². The third-order valence-electron chi connectivity index (χ3n) is 10.1. The van der Waals surface area contributed by atoms with Gasteiger partial charge in [-0.3, -0.25) is 19.3 Å². The molecule has 3 aliphatic rings. The number of thiophene rings is 1. The van der Waals surface area contributed by atoms with Crippen molar-refractivity contribution in [1.29, 1.82) is 0 Å². The first-order valence-electron chi connectivity index (χ1n) is 16.9. The van der Waals surface area contributed by atoms with E-state index in [9.17, 15) is 19.5 Å². The van der Waals surface area contributed by atoms with Gasteiger partial charge in [0.05, 0.1) is 54.0 Å². The molecule has 3 aromatic rings. The number of halogens is 2. The Bertz CT molecular complexity index is 1630. The molecule has 0 bridgehead atoms. The number of benzene rings is 2. The zero-order valence-corrected chi connectivity index (χ0v) is 28.7. The molecule has 2 aliphatic heterocycles. The normalized spacial score (nSPS) is 24.7. The van der Waals surface area contributed by atoms with Crippen molar-refractivity contribution in [1.82, 2.24) is 9.80 Å². The monoisotopic (exact) mass is 699 g/mol. The first kappa shape index (κ1) is 34.8. The Morgan fingerprint density at radius 1 is 1.08 bits per heavy atom. The largest absolute Gasteiger partial charge is 0.481 e. The summed E-state index contributed by atoms with van der Waals surface area (Å²) in [5, 5.41) is 14.8. The molecule has 0 unspecified atom stereocenters. The number of carboxylic acids is 1. The summed E-state index contributed by atoms with van der Waals surface area (Å²) in [6.07, 6.45) is 5.18. The number of nitrogens with zero attached hydrogens (tertiary/aromatic N) is 2. The van der Waals surface area contributed by atoms with Crippen LogP contribution in [-0.4, -0.2) is 89.8 Å². The number of ether oxygens (including phenoxy) is 2. The molecule has 12 heteroatoms. The molecule has 1 saturated carbocycles. The Morgan fingerprint density at radius 2 is 1.88 bits per heavy atom. The number of hydrogen-bond acceptors (Lipinski definition) is 7. The Balaban J connectivity index is 1.14. The van der Waals surface area contributed by atoms with Crippen molar-refractivity contribution in [2.24, 2.45) is 5.92 Å². The van der Waals surface area contributed by atoms with Crippen LogP contribution in [0.4, 0.5) is 10.1 Å². The zero-order valence-electron chi connectivity index (χ0n) is 27.2. The third kappa shape index (κ3) is 7.86. The minimum absolute atomic E-state index is 0.0415. The summed E-state index contributed by atoms with van der Waals surface area (Å²) in [5.74, 6) is -2.29. The van der Waals surface area contributed by atoms with Gasteiger partial charge in [-0.1, -0.05) is 29.8 Å². The Morgan fingerprint density at radius 3 is 2.65 bits per heavy atom. The van der Waals surface area contributed by atoms with Crippen LogP contribution in [0.25, 0.3) is 10.1 Å². The van der Waals surface area contributed by atoms with E-state index in [1.54, 1.807) is 5.38 Å². The minimum atomic E-state index is -0.755. The SMILES string of the molecule is CCOC[C@@H]1CCCN1[C@H]1C[C@@H](COC2CCC(C(=O)O)CC2)N(C(=O)Cc2cc(Cl)c(NC(=O)c3csc4ccccc34)cc2F)C1. The molecule has 48 heavy (non-hydrogen) atoms. The zero-order chi connectivity index (χ0) is 33.8. The molecule has 2 saturated heterocycles. The number of nitrogens with one attached hydrogen (secondary N) is 1. The Kier molecular flexibility index (Phi) is 11.3. The van der Waals surface area contributed by atoms with Gasteiger partial charge in [0.1, 0.15) is 5.82 Å². The predicted molar refractivity (Wildman–Crippen MR) is 184 cm³/mol. The number of hydrogen-bond donors (Lipinski definition) is 2. The van der Waals surface area contributed by atoms with Gasteiger partial charge in [-0.05, 0) is 82.2 Å². The van der Waals surface area contributed by atoms with Gasteiger partial charge in [-0.25, -0.2) is 4.39 Å². The van der Waals surface area contributed by atoms with Crippen LogP contribution in [0.5, 0.6) is 0 Å². The molecule has 3 atom stereocenters. The molecular formula is C36H43ClFN3O6S. The van der Waals surface area contributed by atoms with E-state index in [1.165, 1.54) is 23.5 Å². The number of anilines is 1. The number of rotatable bonds is 12. The molecule has 0 spiro atoms. The lowest BCUT2D eigenvalue weighted by atomic mass is 9.87. The fourth-order valence-electron chi connectivity index (χ4n) is 7.52. The van der Waals surface area contributed by atoms with Crippen molar-refractivity contribution < 1.29 is 33.4 Å². The first-order chi connectivity index (χ1) is 23.2. The molecule has 2 aromatic carbocycles. The lowest BCUT2D eigenvalue weighted by molar-refractivity contribution is -0.144. The smallest absolute Gasteiger partial charge is 0.306 e. The van der Waals surface area contributed by atoms with Crippen molar-refractivity contribution in [3.63, 3.8) is 0 Å². The van der Waals surface area contributed by atoms with Crippen LogP contribution in [0.15, 0.2) is 41.8 Å². The second-order valence-corrected chi connectivity index (χ2v) is 14.4. The van der Waals surface area contributed by atoms with E-state index in [0.717, 1.165) is 35.9 Å². The average molecular weight is 700 g/mol. The summed E-state index contributed by atoms with van der Waals surface area (Å²) in [6.45, 7) is 5.10. The van der Waals surface area contributed by atoms with Gasteiger partial charge in [0, 0.05) is 40.7 Å². The maximum absolute atomic E-state index is 15.5. The van der Waals surface area contributed by atoms with Gasteiger partial charge in [0.2, 0.25) is 5.91 Å². The summed E-state index contributed by atoms with van der Waals surface area (Å²) in [7, 11) is 0. The highest BCUT2D eigenvalue weighted by atomic mass is 35.5. The number of likely N-dealkylation sites (tertiary alicyclic amines) is 2. The summed E-state index contributed by atoms with van der Waals surface area (Å²) in [5.41, 5.74) is 0.791. The van der Waals surface area contributed by atoms with Crippen LogP contribution < -0.4 is 5.32 Å². The summed E-state index contributed by atoms with van der Waals surface area (Å²) >= 11 is 8.01. The predicted octanol–water partition coefficient (Wildman–Crippen LogP) is 6.62. The van der Waals surface area contributed by atoms with Crippen LogP contribution in [0.1, 0.15) is 67.8 Å². The van der Waals surface area contributed by atoms with Gasteiger partial charge < -0.3 is 24.8 Å². The second kappa shape index (κ2) is 15.6. The Labute approximate surface area is 289 Å². The quantitative estimate of drug-likeness (QED) is 0.219. The molecule has 3 heterocycles. The molecule has 6 rings (SSSR count). The number of carbonyl (C=O) groups excluding carboxylic acids is 2. The standard InChI is InChI=1S/C36H43ClFN3O6S/c1-2-46-19-24-6-5-13-40(24)25-16-26(20-47-27-11-9-22(10-12-27)36(44)45)41(18-25)34(42)15-23-14-30(37)32(17-31(23)38)39-35(43)29-21-48-33-8-4-3-7-28(29)33/h3-4,7-8,14,17,21-22,24-27H,2,5-6,9-13,15-16,18-20H2,1H3,(H,39,43)(H,44,45)/t22?,24-,25-,26-,27?/m0/s1. The molecule has 1 aliphatic carbocycles. The van der Waals surface area contributed by atoms with Crippen molar-refractivity contribution in [2.45, 2.75) is 82.5 Å². The molecule has 258 valence electrons. The highest BCUT2D eigenvalue weighted by Gasteiger charge is 2.42. The van der Waals surface area contributed by atoms with E-state index >= 15 is 4.39 Å². The number of aliphatic carboxylic acids is 1. The maximum atomic E-state index is 15.5. The van der Waals surface area contributed by atoms with Crippen molar-refractivity contribution >= 4 is 56.5 Å². The van der Waals surface area contributed by atoms with Gasteiger partial charge in [-0.15, -0.1) is 11.3 Å². The number of fused-ring (bicyclic) bond motifs is 1. The summed E-state index contributed by atoms with van der Waals surface area (Å²) < 4.78 is 28.6. The van der Waals surface area contributed by atoms with E-state index in [1.807, 2.05) is 36.1 Å². The minimum Gasteiger partial charge on any atom is -0.481 e.